The van der Waals surface area contributed by atoms with Crippen molar-refractivity contribution in [3.05, 3.63) is 22.8 Å². The van der Waals surface area contributed by atoms with Crippen LogP contribution in [-0.2, 0) is 0 Å². The zero-order valence-corrected chi connectivity index (χ0v) is 21.0. The second-order valence-corrected chi connectivity index (χ2v) is 11.4. The predicted molar refractivity (Wildman–Crippen MR) is 135 cm³/mol. The Kier molecular flexibility index (Phi) is 11.2. The van der Waals surface area contributed by atoms with E-state index in [9.17, 15) is 5.11 Å². The topological polar surface area (TPSA) is 20.2 Å². The number of aliphatic hydroxyl groups is 1. The molecule has 0 aromatic carbocycles. The van der Waals surface area contributed by atoms with E-state index in [1.807, 2.05) is 0 Å². The molecule has 0 aliphatic heterocycles. The van der Waals surface area contributed by atoms with Gasteiger partial charge in [0.2, 0.25) is 0 Å². The number of unbranched alkanes of at least 4 members (excludes halogenated alkanes) is 7. The van der Waals surface area contributed by atoms with Crippen LogP contribution in [0.2, 0.25) is 0 Å². The molecule has 0 saturated carbocycles. The van der Waals surface area contributed by atoms with E-state index < -0.39 is 0 Å². The van der Waals surface area contributed by atoms with Crippen molar-refractivity contribution < 1.29 is 5.11 Å². The van der Waals surface area contributed by atoms with Crippen LogP contribution >= 0.6 is 0 Å². The maximum absolute atomic E-state index is 11.2. The van der Waals surface area contributed by atoms with Crippen LogP contribution in [0.15, 0.2) is 22.8 Å². The maximum Gasteiger partial charge on any atom is 0.0597 e. The molecular formula is C30H52O. The van der Waals surface area contributed by atoms with Crippen LogP contribution in [0.4, 0.5) is 0 Å². The second-order valence-electron chi connectivity index (χ2n) is 11.4. The summed E-state index contributed by atoms with van der Waals surface area (Å²) < 4.78 is 0. The lowest BCUT2D eigenvalue weighted by molar-refractivity contribution is 0.0387. The van der Waals surface area contributed by atoms with Gasteiger partial charge in [0.25, 0.3) is 0 Å². The standard InChI is InChI=1S/C30H52O/c1-3-4-5-6-7-8-9-10-14-25-15-13-16-26(22-25)21-24(2)30(31)29-20-19-27-17-11-12-18-28(27)23-29/h15,24,26,29-31H,3-14,16-23H2,1-2H3. The first kappa shape index (κ1) is 25.1. The normalized spacial score (nSPS) is 26.4. The Bertz CT molecular complexity index is 571. The molecule has 0 heterocycles. The first-order valence-corrected chi connectivity index (χ1v) is 14.2. The molecule has 0 saturated heterocycles. The molecule has 0 amide bonds. The summed E-state index contributed by atoms with van der Waals surface area (Å²) in [6, 6.07) is 0. The van der Waals surface area contributed by atoms with Gasteiger partial charge in [-0.05, 0) is 101 Å². The minimum atomic E-state index is -0.0851. The largest absolute Gasteiger partial charge is 0.393 e. The fourth-order valence-corrected chi connectivity index (χ4v) is 6.75. The molecular weight excluding hydrogens is 376 g/mol. The van der Waals surface area contributed by atoms with Gasteiger partial charge in [0, 0.05) is 0 Å². The van der Waals surface area contributed by atoms with E-state index in [-0.39, 0.29) is 6.10 Å². The predicted octanol–water partition coefficient (Wildman–Crippen LogP) is 9.30. The second kappa shape index (κ2) is 13.9. The van der Waals surface area contributed by atoms with Crippen molar-refractivity contribution in [2.45, 2.75) is 148 Å². The van der Waals surface area contributed by atoms with Crippen molar-refractivity contribution >= 4 is 0 Å². The van der Waals surface area contributed by atoms with E-state index in [1.54, 1.807) is 16.7 Å². The summed E-state index contributed by atoms with van der Waals surface area (Å²) in [5.74, 6) is 1.80. The summed E-state index contributed by atoms with van der Waals surface area (Å²) in [5.41, 5.74) is 5.24. The van der Waals surface area contributed by atoms with Gasteiger partial charge >= 0.3 is 0 Å². The summed E-state index contributed by atoms with van der Waals surface area (Å²) >= 11 is 0. The molecule has 0 spiro atoms. The van der Waals surface area contributed by atoms with Crippen molar-refractivity contribution in [3.8, 4) is 0 Å². The summed E-state index contributed by atoms with van der Waals surface area (Å²) in [4.78, 5) is 0. The van der Waals surface area contributed by atoms with E-state index in [4.69, 9.17) is 0 Å². The van der Waals surface area contributed by atoms with Crippen LogP contribution in [-0.4, -0.2) is 11.2 Å². The minimum Gasteiger partial charge on any atom is -0.393 e. The molecule has 0 radical (unpaired) electrons. The van der Waals surface area contributed by atoms with E-state index in [0.29, 0.717) is 11.8 Å². The lowest BCUT2D eigenvalue weighted by Gasteiger charge is -2.36. The Morgan fingerprint density at radius 2 is 1.58 bits per heavy atom. The highest BCUT2D eigenvalue weighted by Gasteiger charge is 2.31. The fourth-order valence-electron chi connectivity index (χ4n) is 6.75. The van der Waals surface area contributed by atoms with Crippen LogP contribution in [0, 0.1) is 17.8 Å². The third-order valence-corrected chi connectivity index (χ3v) is 8.71. The summed E-state index contributed by atoms with van der Waals surface area (Å²) in [6.45, 7) is 4.64. The highest BCUT2D eigenvalue weighted by molar-refractivity contribution is 5.21. The van der Waals surface area contributed by atoms with Crippen molar-refractivity contribution in [3.63, 3.8) is 0 Å². The van der Waals surface area contributed by atoms with Gasteiger partial charge in [-0.25, -0.2) is 0 Å². The van der Waals surface area contributed by atoms with Crippen LogP contribution < -0.4 is 0 Å². The zero-order chi connectivity index (χ0) is 21.9. The van der Waals surface area contributed by atoms with E-state index >= 15 is 0 Å². The van der Waals surface area contributed by atoms with Crippen LogP contribution in [0.5, 0.6) is 0 Å². The highest BCUT2D eigenvalue weighted by Crippen LogP contribution is 2.41. The van der Waals surface area contributed by atoms with Gasteiger partial charge in [0.15, 0.2) is 0 Å². The number of allylic oxidation sites excluding steroid dienone is 4. The SMILES string of the molecule is CCCCCCCCCCC1=CCCC(CC(C)C(O)C2CCC3=C(CCCC3)C2)C1. The van der Waals surface area contributed by atoms with Gasteiger partial charge in [0.1, 0.15) is 0 Å². The first-order chi connectivity index (χ1) is 15.2. The van der Waals surface area contributed by atoms with Crippen LogP contribution in [0.3, 0.4) is 0 Å². The van der Waals surface area contributed by atoms with Crippen LogP contribution in [0.25, 0.3) is 0 Å². The zero-order valence-electron chi connectivity index (χ0n) is 21.0. The van der Waals surface area contributed by atoms with Crippen molar-refractivity contribution in [1.82, 2.24) is 0 Å². The summed E-state index contributed by atoms with van der Waals surface area (Å²) in [5, 5.41) is 11.2. The Hall–Kier alpha value is -0.560. The minimum absolute atomic E-state index is 0.0851. The Labute approximate surface area is 194 Å². The molecule has 4 unspecified atom stereocenters. The smallest absolute Gasteiger partial charge is 0.0597 e. The van der Waals surface area contributed by atoms with Crippen LogP contribution in [0.1, 0.15) is 142 Å². The van der Waals surface area contributed by atoms with E-state index in [2.05, 4.69) is 19.9 Å². The third-order valence-electron chi connectivity index (χ3n) is 8.71. The molecule has 0 bridgehead atoms. The van der Waals surface area contributed by atoms with E-state index in [1.165, 1.54) is 128 Å². The Balaban J connectivity index is 1.33. The highest BCUT2D eigenvalue weighted by atomic mass is 16.3. The van der Waals surface area contributed by atoms with Crippen molar-refractivity contribution in [2.24, 2.45) is 17.8 Å². The average Bonchev–Trinajstić information content (AvgIpc) is 2.80. The fraction of sp³-hybridized carbons (Fsp3) is 0.867. The van der Waals surface area contributed by atoms with Crippen molar-refractivity contribution in [1.29, 1.82) is 0 Å². The number of hydrogen-bond donors (Lipinski definition) is 1. The molecule has 1 nitrogen and oxygen atoms in total. The summed E-state index contributed by atoms with van der Waals surface area (Å²) in [7, 11) is 0. The van der Waals surface area contributed by atoms with Gasteiger partial charge in [0.05, 0.1) is 6.10 Å². The number of aliphatic hydroxyl groups excluding tert-OH is 1. The molecule has 178 valence electrons. The number of hydrogen-bond acceptors (Lipinski definition) is 1. The van der Waals surface area contributed by atoms with Gasteiger partial charge in [-0.15, -0.1) is 0 Å². The van der Waals surface area contributed by atoms with Crippen molar-refractivity contribution in [2.75, 3.05) is 0 Å². The first-order valence-electron chi connectivity index (χ1n) is 14.2. The molecule has 4 atom stereocenters. The molecule has 3 aliphatic rings. The molecule has 1 N–H and O–H groups in total. The Morgan fingerprint density at radius 1 is 0.871 bits per heavy atom. The molecule has 3 rings (SSSR count). The molecule has 31 heavy (non-hydrogen) atoms. The molecule has 1 heteroatoms. The third kappa shape index (κ3) is 8.38. The quantitative estimate of drug-likeness (QED) is 0.229. The molecule has 0 aromatic heterocycles. The monoisotopic (exact) mass is 428 g/mol. The Morgan fingerprint density at radius 3 is 2.35 bits per heavy atom. The molecule has 0 aromatic rings. The van der Waals surface area contributed by atoms with Gasteiger partial charge < -0.3 is 5.11 Å². The molecule has 0 fully saturated rings. The lowest BCUT2D eigenvalue weighted by atomic mass is 9.72. The average molecular weight is 429 g/mol. The maximum atomic E-state index is 11.2. The number of rotatable bonds is 13. The van der Waals surface area contributed by atoms with Gasteiger partial charge in [-0.2, -0.15) is 0 Å². The van der Waals surface area contributed by atoms with Gasteiger partial charge in [-0.1, -0.05) is 81.6 Å². The van der Waals surface area contributed by atoms with E-state index in [0.717, 1.165) is 5.92 Å². The summed E-state index contributed by atoms with van der Waals surface area (Å²) in [6.07, 6.45) is 29.5. The molecule has 3 aliphatic carbocycles. The lowest BCUT2D eigenvalue weighted by Crippen LogP contribution is -2.32. The van der Waals surface area contributed by atoms with Gasteiger partial charge in [-0.3, -0.25) is 0 Å².